The number of aliphatic imine (C=N–C) groups is 1. The number of carboxylic acid groups (broad SMARTS) is 2. The minimum atomic E-state index is -1.58. The highest BCUT2D eigenvalue weighted by atomic mass is 16.4. The number of amides is 3. The number of nitrogens with zero attached hydrogens (tertiary/aromatic N) is 1. The molecule has 1 aromatic heterocycles. The lowest BCUT2D eigenvalue weighted by atomic mass is 10.0. The van der Waals surface area contributed by atoms with E-state index in [1.54, 1.807) is 42.6 Å². The second kappa shape index (κ2) is 16.4. The number of guanidine groups is 1. The number of rotatable bonds is 17. The molecule has 15 nitrogen and oxygen atoms in total. The Kier molecular flexibility index (Phi) is 12.4. The van der Waals surface area contributed by atoms with Crippen LogP contribution in [0.25, 0.3) is 10.9 Å². The van der Waals surface area contributed by atoms with Gasteiger partial charge in [-0.2, -0.15) is 0 Å². The monoisotopic (exact) mass is 622 g/mol. The van der Waals surface area contributed by atoms with E-state index in [9.17, 15) is 34.2 Å². The molecule has 0 saturated carbocycles. The van der Waals surface area contributed by atoms with Crippen molar-refractivity contribution in [1.82, 2.24) is 20.9 Å². The van der Waals surface area contributed by atoms with Gasteiger partial charge in [-0.25, -0.2) is 4.79 Å². The molecule has 2 aromatic carbocycles. The van der Waals surface area contributed by atoms with Crippen molar-refractivity contribution < 1.29 is 34.2 Å². The fourth-order valence-electron chi connectivity index (χ4n) is 4.66. The van der Waals surface area contributed by atoms with Gasteiger partial charge in [-0.15, -0.1) is 0 Å². The Morgan fingerprint density at radius 1 is 0.800 bits per heavy atom. The number of aliphatic carboxylic acids is 2. The van der Waals surface area contributed by atoms with Gasteiger partial charge in [0, 0.05) is 30.1 Å². The van der Waals surface area contributed by atoms with Crippen molar-refractivity contribution in [2.24, 2.45) is 22.2 Å². The lowest BCUT2D eigenvalue weighted by molar-refractivity contribution is -0.143. The number of benzene rings is 2. The van der Waals surface area contributed by atoms with Crippen molar-refractivity contribution >= 4 is 46.5 Å². The van der Waals surface area contributed by atoms with E-state index in [2.05, 4.69) is 25.9 Å². The molecule has 4 atom stereocenters. The molecule has 4 unspecified atom stereocenters. The molecule has 0 radical (unpaired) electrons. The number of aromatic amines is 1. The summed E-state index contributed by atoms with van der Waals surface area (Å²) >= 11 is 0. The Balaban J connectivity index is 1.81. The molecule has 0 aliphatic rings. The number of carbonyl (C=O) groups is 5. The van der Waals surface area contributed by atoms with Crippen LogP contribution in [0.15, 0.2) is 65.8 Å². The standard InChI is InChI=1S/C30H38N8O7/c31-20(13-17-7-2-1-3-8-17)26(41)37-24(15-25(39)40)28(43)38-23(14-18-16-35-21-10-5-4-9-19(18)21)27(42)36-22(29(44)45)11-6-12-34-30(32)33/h1-5,7-10,16,20,22-24,35H,6,11-15,31H2,(H,36,42)(H,37,41)(H,38,43)(H,39,40)(H,44,45)(H4,32,33,34). The molecule has 0 bridgehead atoms. The predicted molar refractivity (Wildman–Crippen MR) is 166 cm³/mol. The zero-order chi connectivity index (χ0) is 32.9. The molecule has 0 aliphatic carbocycles. The smallest absolute Gasteiger partial charge is 0.326 e. The van der Waals surface area contributed by atoms with E-state index in [4.69, 9.17) is 17.2 Å². The van der Waals surface area contributed by atoms with Crippen LogP contribution in [0.4, 0.5) is 0 Å². The maximum atomic E-state index is 13.5. The van der Waals surface area contributed by atoms with E-state index >= 15 is 0 Å². The van der Waals surface area contributed by atoms with Crippen LogP contribution in [0.3, 0.4) is 0 Å². The summed E-state index contributed by atoms with van der Waals surface area (Å²) in [5.41, 5.74) is 18.8. The molecular weight excluding hydrogens is 584 g/mol. The molecule has 240 valence electrons. The van der Waals surface area contributed by atoms with Crippen LogP contribution in [0.5, 0.6) is 0 Å². The summed E-state index contributed by atoms with van der Waals surface area (Å²) in [6.07, 6.45) is 1.15. The number of carboxylic acids is 2. The van der Waals surface area contributed by atoms with E-state index < -0.39 is 60.2 Å². The lowest BCUT2D eigenvalue weighted by Crippen LogP contribution is -2.58. The van der Waals surface area contributed by atoms with Crippen molar-refractivity contribution in [2.45, 2.75) is 56.3 Å². The third kappa shape index (κ3) is 10.7. The molecule has 0 fully saturated rings. The number of carbonyl (C=O) groups excluding carboxylic acids is 3. The summed E-state index contributed by atoms with van der Waals surface area (Å²) in [6, 6.07) is 10.8. The summed E-state index contributed by atoms with van der Waals surface area (Å²) in [5, 5.41) is 27.3. The normalized spacial score (nSPS) is 13.5. The van der Waals surface area contributed by atoms with E-state index in [1.807, 2.05) is 18.2 Å². The number of H-pyrrole nitrogens is 1. The van der Waals surface area contributed by atoms with Gasteiger partial charge in [0.25, 0.3) is 0 Å². The van der Waals surface area contributed by atoms with Gasteiger partial charge in [0.1, 0.15) is 18.1 Å². The first-order chi connectivity index (χ1) is 21.4. The van der Waals surface area contributed by atoms with Crippen LogP contribution in [0.1, 0.15) is 30.4 Å². The third-order valence-electron chi connectivity index (χ3n) is 6.94. The average Bonchev–Trinajstić information content (AvgIpc) is 3.40. The Bertz CT molecular complexity index is 1520. The van der Waals surface area contributed by atoms with Gasteiger partial charge in [0.05, 0.1) is 12.5 Å². The number of aromatic nitrogens is 1. The van der Waals surface area contributed by atoms with Crippen LogP contribution >= 0.6 is 0 Å². The van der Waals surface area contributed by atoms with E-state index in [0.717, 1.165) is 16.5 Å². The number of nitrogens with one attached hydrogen (secondary N) is 4. The average molecular weight is 623 g/mol. The van der Waals surface area contributed by atoms with E-state index in [-0.39, 0.29) is 38.2 Å². The summed E-state index contributed by atoms with van der Waals surface area (Å²) in [5.74, 6) is -5.40. The summed E-state index contributed by atoms with van der Waals surface area (Å²) in [7, 11) is 0. The molecule has 0 saturated heterocycles. The lowest BCUT2D eigenvalue weighted by Gasteiger charge is -2.25. The molecule has 3 aromatic rings. The SMILES string of the molecule is NC(N)=NCCCC(NC(=O)C(Cc1c[nH]c2ccccc12)NC(=O)C(CC(=O)O)NC(=O)C(N)Cc1ccccc1)C(=O)O. The third-order valence-corrected chi connectivity index (χ3v) is 6.94. The molecule has 1 heterocycles. The van der Waals surface area contributed by atoms with Crippen molar-refractivity contribution in [3.63, 3.8) is 0 Å². The fraction of sp³-hybridized carbons (Fsp3) is 0.333. The zero-order valence-electron chi connectivity index (χ0n) is 24.4. The molecule has 3 rings (SSSR count). The summed E-state index contributed by atoms with van der Waals surface area (Å²) < 4.78 is 0. The van der Waals surface area contributed by atoms with Crippen LogP contribution in [-0.2, 0) is 36.8 Å². The Morgan fingerprint density at radius 3 is 2.09 bits per heavy atom. The first-order valence-electron chi connectivity index (χ1n) is 14.2. The number of hydrogen-bond donors (Lipinski definition) is 9. The van der Waals surface area contributed by atoms with Gasteiger partial charge in [0.15, 0.2) is 5.96 Å². The van der Waals surface area contributed by atoms with Crippen LogP contribution in [-0.4, -0.2) is 81.5 Å². The molecular formula is C30H38N8O7. The highest BCUT2D eigenvalue weighted by molar-refractivity contribution is 5.96. The zero-order valence-corrected chi connectivity index (χ0v) is 24.4. The molecule has 0 aliphatic heterocycles. The number of hydrogen-bond acceptors (Lipinski definition) is 7. The van der Waals surface area contributed by atoms with Crippen molar-refractivity contribution in [3.8, 4) is 0 Å². The van der Waals surface area contributed by atoms with E-state index in [1.165, 1.54) is 0 Å². The Morgan fingerprint density at radius 2 is 1.42 bits per heavy atom. The van der Waals surface area contributed by atoms with Gasteiger partial charge < -0.3 is 48.3 Å². The van der Waals surface area contributed by atoms with Gasteiger partial charge in [-0.3, -0.25) is 24.2 Å². The van der Waals surface area contributed by atoms with Crippen molar-refractivity contribution in [1.29, 1.82) is 0 Å². The Labute approximate surface area is 258 Å². The molecule has 12 N–H and O–H groups in total. The van der Waals surface area contributed by atoms with Gasteiger partial charge in [-0.1, -0.05) is 48.5 Å². The number of nitrogens with two attached hydrogens (primary N) is 3. The first kappa shape index (κ1) is 34.1. The fourth-order valence-corrected chi connectivity index (χ4v) is 4.66. The van der Waals surface area contributed by atoms with Gasteiger partial charge in [-0.05, 0) is 36.5 Å². The number of fused-ring (bicyclic) bond motifs is 1. The number of para-hydroxylation sites is 1. The van der Waals surface area contributed by atoms with Crippen LogP contribution in [0.2, 0.25) is 0 Å². The minimum Gasteiger partial charge on any atom is -0.481 e. The van der Waals surface area contributed by atoms with Gasteiger partial charge in [0.2, 0.25) is 17.7 Å². The van der Waals surface area contributed by atoms with Crippen LogP contribution < -0.4 is 33.2 Å². The maximum Gasteiger partial charge on any atom is 0.326 e. The van der Waals surface area contributed by atoms with Crippen molar-refractivity contribution in [3.05, 3.63) is 71.9 Å². The first-order valence-corrected chi connectivity index (χ1v) is 14.2. The molecule has 45 heavy (non-hydrogen) atoms. The molecule has 3 amide bonds. The highest BCUT2D eigenvalue weighted by Crippen LogP contribution is 2.19. The second-order valence-corrected chi connectivity index (χ2v) is 10.4. The molecule has 0 spiro atoms. The molecule has 15 heteroatoms. The quantitative estimate of drug-likeness (QED) is 0.0521. The highest BCUT2D eigenvalue weighted by Gasteiger charge is 2.32. The minimum absolute atomic E-state index is 0.0113. The van der Waals surface area contributed by atoms with Gasteiger partial charge >= 0.3 is 11.9 Å². The topological polar surface area (TPSA) is 268 Å². The largest absolute Gasteiger partial charge is 0.481 e. The summed E-state index contributed by atoms with van der Waals surface area (Å²) in [4.78, 5) is 70.2. The van der Waals surface area contributed by atoms with Crippen molar-refractivity contribution in [2.75, 3.05) is 6.54 Å². The maximum absolute atomic E-state index is 13.5. The Hall–Kier alpha value is -5.44. The van der Waals surface area contributed by atoms with E-state index in [0.29, 0.717) is 5.56 Å². The predicted octanol–water partition coefficient (Wildman–Crippen LogP) is -0.652. The second-order valence-electron chi connectivity index (χ2n) is 10.4. The van der Waals surface area contributed by atoms with Crippen LogP contribution in [0, 0.1) is 0 Å². The summed E-state index contributed by atoms with van der Waals surface area (Å²) in [6.45, 7) is 0.139.